The van der Waals surface area contributed by atoms with Gasteiger partial charge in [0.15, 0.2) is 6.61 Å². The number of amides is 1. The first-order valence-corrected chi connectivity index (χ1v) is 9.44. The Kier molecular flexibility index (Phi) is 6.81. The van der Waals surface area contributed by atoms with Crippen molar-refractivity contribution in [2.45, 2.75) is 11.8 Å². The van der Waals surface area contributed by atoms with E-state index in [4.69, 9.17) is 16.3 Å². The van der Waals surface area contributed by atoms with Gasteiger partial charge in [0.25, 0.3) is 5.91 Å². The standard InChI is InChI=1S/C17H19ClN2O4S/c1-13-2-6-15(7-3-13)24-12-17(21)19-10-11-20-25(22,23)16-8-4-14(18)5-9-16/h2-9,20H,10-12H2,1H3,(H,19,21). The Labute approximate surface area is 152 Å². The van der Waals surface area contributed by atoms with E-state index in [1.165, 1.54) is 24.3 Å². The molecule has 2 N–H and O–H groups in total. The van der Waals surface area contributed by atoms with Crippen LogP contribution in [0.1, 0.15) is 5.56 Å². The second-order valence-electron chi connectivity index (χ2n) is 5.30. The lowest BCUT2D eigenvalue weighted by molar-refractivity contribution is -0.123. The van der Waals surface area contributed by atoms with Gasteiger partial charge < -0.3 is 10.1 Å². The van der Waals surface area contributed by atoms with Crippen LogP contribution >= 0.6 is 11.6 Å². The average molecular weight is 383 g/mol. The monoisotopic (exact) mass is 382 g/mol. The van der Waals surface area contributed by atoms with Crippen molar-refractivity contribution in [1.82, 2.24) is 10.0 Å². The maximum atomic E-state index is 12.0. The number of nitrogens with one attached hydrogen (secondary N) is 2. The van der Waals surface area contributed by atoms with Crippen molar-refractivity contribution < 1.29 is 17.9 Å². The van der Waals surface area contributed by atoms with Gasteiger partial charge in [0.1, 0.15) is 5.75 Å². The van der Waals surface area contributed by atoms with Crippen LogP contribution in [-0.2, 0) is 14.8 Å². The van der Waals surface area contributed by atoms with Gasteiger partial charge in [-0.15, -0.1) is 0 Å². The minimum atomic E-state index is -3.63. The smallest absolute Gasteiger partial charge is 0.257 e. The maximum absolute atomic E-state index is 12.0. The second kappa shape index (κ2) is 8.84. The highest BCUT2D eigenvalue weighted by Crippen LogP contribution is 2.13. The van der Waals surface area contributed by atoms with E-state index in [0.29, 0.717) is 10.8 Å². The minimum Gasteiger partial charge on any atom is -0.484 e. The molecule has 0 radical (unpaired) electrons. The van der Waals surface area contributed by atoms with Crippen molar-refractivity contribution in [2.24, 2.45) is 0 Å². The molecule has 0 spiro atoms. The summed E-state index contributed by atoms with van der Waals surface area (Å²) in [4.78, 5) is 11.8. The van der Waals surface area contributed by atoms with Crippen LogP contribution in [0.5, 0.6) is 5.75 Å². The first kappa shape index (κ1) is 19.2. The Hall–Kier alpha value is -2.09. The quantitative estimate of drug-likeness (QED) is 0.685. The Bertz CT molecular complexity index is 806. The number of rotatable bonds is 8. The summed E-state index contributed by atoms with van der Waals surface area (Å²) in [6, 6.07) is 13.2. The fourth-order valence-corrected chi connectivity index (χ4v) is 3.08. The molecule has 1 amide bonds. The van der Waals surface area contributed by atoms with Crippen LogP contribution in [-0.4, -0.2) is 34.0 Å². The molecule has 2 aromatic rings. The number of halogens is 1. The largest absolute Gasteiger partial charge is 0.484 e. The first-order chi connectivity index (χ1) is 11.9. The van der Waals surface area contributed by atoms with Crippen LogP contribution in [0.2, 0.25) is 5.02 Å². The Morgan fingerprint density at radius 2 is 1.68 bits per heavy atom. The highest BCUT2D eigenvalue weighted by Gasteiger charge is 2.13. The highest BCUT2D eigenvalue weighted by atomic mass is 35.5. The van der Waals surface area contributed by atoms with E-state index in [9.17, 15) is 13.2 Å². The Morgan fingerprint density at radius 3 is 2.32 bits per heavy atom. The highest BCUT2D eigenvalue weighted by molar-refractivity contribution is 7.89. The summed E-state index contributed by atoms with van der Waals surface area (Å²) in [6.07, 6.45) is 0. The minimum absolute atomic E-state index is 0.0707. The third kappa shape index (κ3) is 6.38. The number of hydrogen-bond donors (Lipinski definition) is 2. The van der Waals surface area contributed by atoms with Crippen LogP contribution in [0.4, 0.5) is 0 Å². The fraction of sp³-hybridized carbons (Fsp3) is 0.235. The number of sulfonamides is 1. The van der Waals surface area contributed by atoms with Gasteiger partial charge in [-0.2, -0.15) is 0 Å². The molecule has 6 nitrogen and oxygen atoms in total. The fourth-order valence-electron chi connectivity index (χ4n) is 1.92. The van der Waals surface area contributed by atoms with Gasteiger partial charge in [0, 0.05) is 18.1 Å². The van der Waals surface area contributed by atoms with Crippen LogP contribution in [0.15, 0.2) is 53.4 Å². The molecule has 0 saturated carbocycles. The predicted molar refractivity (Wildman–Crippen MR) is 96.3 cm³/mol. The van der Waals surface area contributed by atoms with Crippen LogP contribution < -0.4 is 14.8 Å². The van der Waals surface area contributed by atoms with Gasteiger partial charge >= 0.3 is 0 Å². The molecule has 0 bridgehead atoms. The third-order valence-electron chi connectivity index (χ3n) is 3.25. The molecule has 0 unspecified atom stereocenters. The van der Waals surface area contributed by atoms with E-state index in [2.05, 4.69) is 10.0 Å². The SMILES string of the molecule is Cc1ccc(OCC(=O)NCCNS(=O)(=O)c2ccc(Cl)cc2)cc1. The van der Waals surface area contributed by atoms with Gasteiger partial charge in [-0.3, -0.25) is 4.79 Å². The number of ether oxygens (including phenoxy) is 1. The summed E-state index contributed by atoms with van der Waals surface area (Å²) in [6.45, 7) is 2.05. The van der Waals surface area contributed by atoms with Crippen molar-refractivity contribution in [3.05, 3.63) is 59.1 Å². The molecule has 8 heteroatoms. The lowest BCUT2D eigenvalue weighted by atomic mass is 10.2. The predicted octanol–water partition coefficient (Wildman–Crippen LogP) is 2.12. The summed E-state index contributed by atoms with van der Waals surface area (Å²) in [5, 5.41) is 3.04. The summed E-state index contributed by atoms with van der Waals surface area (Å²) >= 11 is 5.73. The molecular formula is C17H19ClN2O4S. The summed E-state index contributed by atoms with van der Waals surface area (Å²) in [5.74, 6) is 0.274. The molecule has 25 heavy (non-hydrogen) atoms. The lowest BCUT2D eigenvalue weighted by Crippen LogP contribution is -2.36. The zero-order valence-electron chi connectivity index (χ0n) is 13.7. The molecule has 2 aromatic carbocycles. The second-order valence-corrected chi connectivity index (χ2v) is 7.51. The van der Waals surface area contributed by atoms with E-state index in [1.807, 2.05) is 19.1 Å². The van der Waals surface area contributed by atoms with Gasteiger partial charge in [-0.25, -0.2) is 13.1 Å². The summed E-state index contributed by atoms with van der Waals surface area (Å²) < 4.78 is 31.8. The molecule has 0 aliphatic rings. The van der Waals surface area contributed by atoms with Crippen molar-refractivity contribution in [3.63, 3.8) is 0 Å². The summed E-state index contributed by atoms with van der Waals surface area (Å²) in [7, 11) is -3.63. The number of carbonyl (C=O) groups is 1. The normalized spacial score (nSPS) is 11.1. The van der Waals surface area contributed by atoms with Crippen molar-refractivity contribution in [1.29, 1.82) is 0 Å². The van der Waals surface area contributed by atoms with Crippen molar-refractivity contribution >= 4 is 27.5 Å². The zero-order valence-corrected chi connectivity index (χ0v) is 15.2. The third-order valence-corrected chi connectivity index (χ3v) is 4.98. The Morgan fingerprint density at radius 1 is 1.04 bits per heavy atom. The van der Waals surface area contributed by atoms with E-state index < -0.39 is 10.0 Å². The van der Waals surface area contributed by atoms with E-state index >= 15 is 0 Å². The van der Waals surface area contributed by atoms with E-state index in [0.717, 1.165) is 5.56 Å². The summed E-state index contributed by atoms with van der Waals surface area (Å²) in [5.41, 5.74) is 1.10. The average Bonchev–Trinajstić information content (AvgIpc) is 2.59. The topological polar surface area (TPSA) is 84.5 Å². The van der Waals surface area contributed by atoms with Crippen LogP contribution in [0, 0.1) is 6.92 Å². The molecule has 0 fully saturated rings. The number of hydrogen-bond acceptors (Lipinski definition) is 4. The first-order valence-electron chi connectivity index (χ1n) is 7.58. The number of benzene rings is 2. The molecule has 134 valence electrons. The molecule has 0 aliphatic carbocycles. The van der Waals surface area contributed by atoms with Gasteiger partial charge in [-0.1, -0.05) is 29.3 Å². The number of aryl methyl sites for hydroxylation is 1. The van der Waals surface area contributed by atoms with E-state index in [-0.39, 0.29) is 30.5 Å². The van der Waals surface area contributed by atoms with Crippen molar-refractivity contribution in [3.8, 4) is 5.75 Å². The number of carbonyl (C=O) groups excluding carboxylic acids is 1. The van der Waals surface area contributed by atoms with Crippen molar-refractivity contribution in [2.75, 3.05) is 19.7 Å². The van der Waals surface area contributed by atoms with Crippen LogP contribution in [0.3, 0.4) is 0 Å². The van der Waals surface area contributed by atoms with Crippen LogP contribution in [0.25, 0.3) is 0 Å². The Balaban J connectivity index is 1.70. The molecule has 0 atom stereocenters. The lowest BCUT2D eigenvalue weighted by Gasteiger charge is -2.09. The molecule has 0 aromatic heterocycles. The zero-order chi connectivity index (χ0) is 18.3. The van der Waals surface area contributed by atoms with Gasteiger partial charge in [-0.05, 0) is 43.3 Å². The van der Waals surface area contributed by atoms with E-state index in [1.54, 1.807) is 12.1 Å². The maximum Gasteiger partial charge on any atom is 0.257 e. The van der Waals surface area contributed by atoms with Gasteiger partial charge in [0.2, 0.25) is 10.0 Å². The molecular weight excluding hydrogens is 364 g/mol. The molecule has 0 saturated heterocycles. The molecule has 0 aliphatic heterocycles. The van der Waals surface area contributed by atoms with Gasteiger partial charge in [0.05, 0.1) is 4.90 Å². The molecule has 2 rings (SSSR count). The molecule has 0 heterocycles.